The molecule has 0 saturated heterocycles. The fraction of sp³-hybridized carbons (Fsp3) is 0.385. The average molecular weight is 219 g/mol. The first-order valence-corrected chi connectivity index (χ1v) is 5.38. The predicted octanol–water partition coefficient (Wildman–Crippen LogP) is 2.80. The fourth-order valence-corrected chi connectivity index (χ4v) is 1.30. The summed E-state index contributed by atoms with van der Waals surface area (Å²) in [6.45, 7) is 4.18. The number of nitrogens with one attached hydrogen (secondary N) is 1. The van der Waals surface area contributed by atoms with Gasteiger partial charge in [0.05, 0.1) is 0 Å². The van der Waals surface area contributed by atoms with E-state index in [-0.39, 0.29) is 12.3 Å². The van der Waals surface area contributed by atoms with Crippen LogP contribution in [0.4, 0.5) is 0 Å². The van der Waals surface area contributed by atoms with Crippen molar-refractivity contribution in [2.75, 3.05) is 0 Å². The molecule has 0 saturated carbocycles. The molecule has 1 aromatic carbocycles. The van der Waals surface area contributed by atoms with Crippen LogP contribution in [-0.4, -0.2) is 11.7 Å². The van der Waals surface area contributed by atoms with Gasteiger partial charge in [-0.1, -0.05) is 44.2 Å². The quantitative estimate of drug-likeness (QED) is 0.611. The fourth-order valence-electron chi connectivity index (χ4n) is 1.30. The molecule has 0 unspecified atom stereocenters. The number of carbonyl (C=O) groups is 1. The first-order valence-electron chi connectivity index (χ1n) is 5.38. The summed E-state index contributed by atoms with van der Waals surface area (Å²) < 4.78 is 5.03. The molecular weight excluding hydrogens is 202 g/mol. The van der Waals surface area contributed by atoms with Gasteiger partial charge in [0.25, 0.3) is 0 Å². The molecule has 0 bridgehead atoms. The summed E-state index contributed by atoms with van der Waals surface area (Å²) in [5.74, 6) is -0.214. The van der Waals surface area contributed by atoms with Crippen molar-refractivity contribution in [1.29, 1.82) is 5.41 Å². The smallest absolute Gasteiger partial charge is 0.352 e. The van der Waals surface area contributed by atoms with Crippen molar-refractivity contribution in [2.24, 2.45) is 5.92 Å². The third-order valence-electron chi connectivity index (χ3n) is 2.07. The second-order valence-corrected chi connectivity index (χ2v) is 4.14. The summed E-state index contributed by atoms with van der Waals surface area (Å²) in [7, 11) is 0. The molecule has 0 aliphatic heterocycles. The van der Waals surface area contributed by atoms with Gasteiger partial charge < -0.3 is 4.74 Å². The topological polar surface area (TPSA) is 50.2 Å². The highest BCUT2D eigenvalue weighted by Crippen LogP contribution is 2.04. The molecule has 0 heterocycles. The van der Waals surface area contributed by atoms with Gasteiger partial charge in [0.1, 0.15) is 12.3 Å². The van der Waals surface area contributed by atoms with E-state index in [0.717, 1.165) is 5.56 Å². The average Bonchev–Trinajstić information content (AvgIpc) is 2.26. The highest BCUT2D eigenvalue weighted by Gasteiger charge is 2.12. The maximum atomic E-state index is 11.4. The third kappa shape index (κ3) is 4.26. The predicted molar refractivity (Wildman–Crippen MR) is 63.4 cm³/mol. The Hall–Kier alpha value is -1.64. The van der Waals surface area contributed by atoms with Crippen LogP contribution in [0, 0.1) is 11.3 Å². The van der Waals surface area contributed by atoms with Gasteiger partial charge in [-0.2, -0.15) is 0 Å². The zero-order valence-corrected chi connectivity index (χ0v) is 9.69. The SMILES string of the molecule is CC(C)CC(=N)C(=O)OCc1ccccc1. The minimum absolute atomic E-state index is 0.0472. The van der Waals surface area contributed by atoms with Crippen LogP contribution in [0.3, 0.4) is 0 Å². The van der Waals surface area contributed by atoms with Crippen molar-refractivity contribution in [2.45, 2.75) is 26.9 Å². The zero-order valence-electron chi connectivity index (χ0n) is 9.69. The number of ether oxygens (including phenoxy) is 1. The molecule has 3 heteroatoms. The lowest BCUT2D eigenvalue weighted by atomic mass is 10.1. The minimum Gasteiger partial charge on any atom is -0.456 e. The van der Waals surface area contributed by atoms with Crippen molar-refractivity contribution < 1.29 is 9.53 Å². The summed E-state index contributed by atoms with van der Waals surface area (Å²) in [5, 5.41) is 7.52. The number of carbonyl (C=O) groups excluding carboxylic acids is 1. The third-order valence-corrected chi connectivity index (χ3v) is 2.07. The largest absolute Gasteiger partial charge is 0.456 e. The monoisotopic (exact) mass is 219 g/mol. The van der Waals surface area contributed by atoms with Crippen LogP contribution in [0.2, 0.25) is 0 Å². The first-order chi connectivity index (χ1) is 7.59. The van der Waals surface area contributed by atoms with Crippen molar-refractivity contribution in [3.8, 4) is 0 Å². The van der Waals surface area contributed by atoms with Gasteiger partial charge in [-0.15, -0.1) is 0 Å². The Morgan fingerprint density at radius 3 is 2.50 bits per heavy atom. The standard InChI is InChI=1S/C13H17NO2/c1-10(2)8-12(14)13(15)16-9-11-6-4-3-5-7-11/h3-7,10,14H,8-9H2,1-2H3. The first kappa shape index (κ1) is 12.4. The van der Waals surface area contributed by atoms with Crippen molar-refractivity contribution in [1.82, 2.24) is 0 Å². The molecule has 0 spiro atoms. The minimum atomic E-state index is -0.516. The Morgan fingerprint density at radius 2 is 1.94 bits per heavy atom. The molecule has 1 aromatic rings. The van der Waals surface area contributed by atoms with Crippen LogP contribution in [0.1, 0.15) is 25.8 Å². The number of hydrogen-bond acceptors (Lipinski definition) is 3. The van der Waals surface area contributed by atoms with Gasteiger partial charge in [-0.3, -0.25) is 5.41 Å². The number of benzene rings is 1. The lowest BCUT2D eigenvalue weighted by molar-refractivity contribution is -0.137. The highest BCUT2D eigenvalue weighted by atomic mass is 16.5. The molecule has 16 heavy (non-hydrogen) atoms. The van der Waals surface area contributed by atoms with Gasteiger partial charge in [0.15, 0.2) is 0 Å². The van der Waals surface area contributed by atoms with Crippen LogP contribution in [0.15, 0.2) is 30.3 Å². The number of rotatable bonds is 5. The Labute approximate surface area is 95.9 Å². The highest BCUT2D eigenvalue weighted by molar-refractivity contribution is 6.35. The normalized spacial score (nSPS) is 10.2. The molecule has 0 aromatic heterocycles. The van der Waals surface area contributed by atoms with Crippen molar-refractivity contribution >= 4 is 11.7 Å². The van der Waals surface area contributed by atoms with Gasteiger partial charge in [-0.25, -0.2) is 4.79 Å². The van der Waals surface area contributed by atoms with E-state index in [4.69, 9.17) is 10.1 Å². The summed E-state index contributed by atoms with van der Waals surface area (Å²) in [4.78, 5) is 11.4. The second-order valence-electron chi connectivity index (χ2n) is 4.14. The Bertz CT molecular complexity index is 357. The summed E-state index contributed by atoms with van der Waals surface area (Å²) in [6.07, 6.45) is 0.466. The van der Waals surface area contributed by atoms with Crippen LogP contribution < -0.4 is 0 Å². The molecular formula is C13H17NO2. The summed E-state index contributed by atoms with van der Waals surface area (Å²) in [6, 6.07) is 9.47. The molecule has 0 aliphatic rings. The van der Waals surface area contributed by atoms with E-state index in [0.29, 0.717) is 12.3 Å². The molecule has 1 N–H and O–H groups in total. The maximum Gasteiger partial charge on any atom is 0.352 e. The van der Waals surface area contributed by atoms with Crippen LogP contribution in [0.25, 0.3) is 0 Å². The van der Waals surface area contributed by atoms with E-state index in [2.05, 4.69) is 0 Å². The van der Waals surface area contributed by atoms with E-state index < -0.39 is 5.97 Å². The summed E-state index contributed by atoms with van der Waals surface area (Å²) >= 11 is 0. The summed E-state index contributed by atoms with van der Waals surface area (Å²) in [5.41, 5.74) is 0.985. The van der Waals surface area contributed by atoms with Crippen molar-refractivity contribution in [3.05, 3.63) is 35.9 Å². The number of hydrogen-bond donors (Lipinski definition) is 1. The lowest BCUT2D eigenvalue weighted by Gasteiger charge is -2.07. The molecule has 86 valence electrons. The zero-order chi connectivity index (χ0) is 12.0. The molecule has 0 fully saturated rings. The van der Waals surface area contributed by atoms with E-state index in [1.807, 2.05) is 44.2 Å². The molecule has 3 nitrogen and oxygen atoms in total. The Balaban J connectivity index is 2.38. The number of esters is 1. The van der Waals surface area contributed by atoms with Crippen LogP contribution in [-0.2, 0) is 16.1 Å². The van der Waals surface area contributed by atoms with E-state index in [1.54, 1.807) is 0 Å². The van der Waals surface area contributed by atoms with Gasteiger partial charge in [0, 0.05) is 0 Å². The van der Waals surface area contributed by atoms with E-state index in [9.17, 15) is 4.79 Å². The van der Waals surface area contributed by atoms with E-state index >= 15 is 0 Å². The molecule has 0 atom stereocenters. The Kier molecular flexibility index (Phi) is 4.70. The lowest BCUT2D eigenvalue weighted by Crippen LogP contribution is -2.18. The van der Waals surface area contributed by atoms with Gasteiger partial charge >= 0.3 is 5.97 Å². The molecule has 0 radical (unpaired) electrons. The molecule has 0 aliphatic carbocycles. The van der Waals surface area contributed by atoms with E-state index in [1.165, 1.54) is 0 Å². The van der Waals surface area contributed by atoms with Gasteiger partial charge in [0.2, 0.25) is 0 Å². The molecule has 0 amide bonds. The maximum absolute atomic E-state index is 11.4. The van der Waals surface area contributed by atoms with Crippen LogP contribution >= 0.6 is 0 Å². The van der Waals surface area contributed by atoms with Gasteiger partial charge in [-0.05, 0) is 17.9 Å². The Morgan fingerprint density at radius 1 is 1.31 bits per heavy atom. The van der Waals surface area contributed by atoms with Crippen molar-refractivity contribution in [3.63, 3.8) is 0 Å². The molecule has 1 rings (SSSR count). The van der Waals surface area contributed by atoms with Crippen LogP contribution in [0.5, 0.6) is 0 Å². The second kappa shape index (κ2) is 6.05.